The van der Waals surface area contributed by atoms with E-state index in [1.54, 1.807) is 11.9 Å². The number of likely N-dealkylation sites (N-methyl/N-ethyl adjacent to an activating group) is 1. The van der Waals surface area contributed by atoms with Crippen LogP contribution >= 0.6 is 0 Å². The van der Waals surface area contributed by atoms with Crippen LogP contribution in [0.25, 0.3) is 0 Å². The largest absolute Gasteiger partial charge is 0.416 e. The number of carbonyl (C=O) groups excluding carboxylic acids is 3. The lowest BCUT2D eigenvalue weighted by Crippen LogP contribution is -2.56. The van der Waals surface area contributed by atoms with Gasteiger partial charge in [-0.25, -0.2) is 4.98 Å². The van der Waals surface area contributed by atoms with Gasteiger partial charge in [-0.05, 0) is 50.6 Å². The second-order valence-electron chi connectivity index (χ2n) is 11.7. The second kappa shape index (κ2) is 11.6. The lowest BCUT2D eigenvalue weighted by Gasteiger charge is -2.42. The first-order chi connectivity index (χ1) is 20.3. The van der Waals surface area contributed by atoms with E-state index in [-0.39, 0.29) is 35.8 Å². The summed E-state index contributed by atoms with van der Waals surface area (Å²) in [6.45, 7) is 12.6. The first-order valence-corrected chi connectivity index (χ1v) is 14.5. The van der Waals surface area contributed by atoms with E-state index in [0.717, 1.165) is 23.4 Å². The minimum atomic E-state index is -4.62. The van der Waals surface area contributed by atoms with Gasteiger partial charge in [-0.15, -0.1) is 0 Å². The molecule has 3 aliphatic heterocycles. The first kappa shape index (κ1) is 30.5. The van der Waals surface area contributed by atoms with Crippen molar-refractivity contribution >= 4 is 34.9 Å². The normalized spacial score (nSPS) is 23.2. The van der Waals surface area contributed by atoms with Crippen LogP contribution in [0.1, 0.15) is 30.2 Å². The molecule has 1 aromatic heterocycles. The first-order valence-electron chi connectivity index (χ1n) is 14.5. The van der Waals surface area contributed by atoms with Gasteiger partial charge in [0.2, 0.25) is 17.7 Å². The Morgan fingerprint density at radius 2 is 1.86 bits per heavy atom. The molecule has 230 valence electrons. The third-order valence-electron chi connectivity index (χ3n) is 8.79. The molecule has 0 unspecified atom stereocenters. The maximum atomic E-state index is 14.0. The quantitative estimate of drug-likeness (QED) is 0.490. The summed E-state index contributed by atoms with van der Waals surface area (Å²) in [6, 6.07) is 6.60. The van der Waals surface area contributed by atoms with Crippen molar-refractivity contribution in [2.24, 2.45) is 5.92 Å². The van der Waals surface area contributed by atoms with Crippen LogP contribution in [0.2, 0.25) is 0 Å². The van der Waals surface area contributed by atoms with E-state index in [2.05, 4.69) is 28.3 Å². The van der Waals surface area contributed by atoms with Crippen LogP contribution in [0, 0.1) is 19.8 Å². The minimum absolute atomic E-state index is 0.0116. The number of hydrogen-bond donors (Lipinski definition) is 0. The van der Waals surface area contributed by atoms with Gasteiger partial charge >= 0.3 is 6.18 Å². The lowest BCUT2D eigenvalue weighted by molar-refractivity contribution is -0.137. The molecule has 2 saturated heterocycles. The van der Waals surface area contributed by atoms with Crippen LogP contribution in [-0.4, -0.2) is 90.9 Å². The van der Waals surface area contributed by atoms with Gasteiger partial charge in [0.1, 0.15) is 11.9 Å². The summed E-state index contributed by atoms with van der Waals surface area (Å²) in [5, 5.41) is 0. The average Bonchev–Trinajstić information content (AvgIpc) is 3.28. The Hall–Kier alpha value is -3.93. The fourth-order valence-corrected chi connectivity index (χ4v) is 6.61. The van der Waals surface area contributed by atoms with Crippen molar-refractivity contribution in [3.63, 3.8) is 0 Å². The molecule has 0 N–H and O–H groups in total. The van der Waals surface area contributed by atoms with Crippen molar-refractivity contribution in [2.75, 3.05) is 61.0 Å². The highest BCUT2D eigenvalue weighted by molar-refractivity contribution is 6.10. The number of alkyl halides is 3. The Bertz CT molecular complexity index is 1450. The highest BCUT2D eigenvalue weighted by Crippen LogP contribution is 2.41. The van der Waals surface area contributed by atoms with Gasteiger partial charge in [0.25, 0.3) is 0 Å². The number of rotatable bonds is 5. The van der Waals surface area contributed by atoms with E-state index >= 15 is 0 Å². The molecule has 1 aromatic carbocycles. The van der Waals surface area contributed by atoms with Gasteiger partial charge in [-0.3, -0.25) is 24.2 Å². The number of hydrogen-bond acceptors (Lipinski definition) is 6. The number of amides is 3. The fraction of sp³-hybridized carbons (Fsp3) is 0.484. The molecule has 0 radical (unpaired) electrons. The lowest BCUT2D eigenvalue weighted by atomic mass is 9.95. The Labute approximate surface area is 249 Å². The molecule has 0 saturated carbocycles. The van der Waals surface area contributed by atoms with E-state index in [1.165, 1.54) is 22.8 Å². The number of benzene rings is 1. The molecule has 2 fully saturated rings. The second-order valence-corrected chi connectivity index (χ2v) is 11.7. The maximum absolute atomic E-state index is 14.0. The van der Waals surface area contributed by atoms with Crippen LogP contribution in [0.3, 0.4) is 0 Å². The smallest absolute Gasteiger partial charge is 0.368 e. The van der Waals surface area contributed by atoms with Crippen LogP contribution in [0.4, 0.5) is 30.4 Å². The van der Waals surface area contributed by atoms with Crippen molar-refractivity contribution < 1.29 is 27.6 Å². The van der Waals surface area contributed by atoms with Crippen molar-refractivity contribution in [2.45, 2.75) is 45.5 Å². The average molecular weight is 599 g/mol. The van der Waals surface area contributed by atoms with E-state index in [9.17, 15) is 27.6 Å². The molecule has 0 aliphatic carbocycles. The highest BCUT2D eigenvalue weighted by atomic mass is 19.4. The Kier molecular flexibility index (Phi) is 8.26. The fourth-order valence-electron chi connectivity index (χ4n) is 6.61. The standard InChI is InChI=1S/C31H37F3N6O3/c1-6-26(41)38-12-10-37(21(4)17-38)11-13-39-18-22-15-27(42)40(25-16-23(31(32,33)34)14-20(3)35-25)29(22)30(43)36(5)24-9-7-8-19(2)28(24)39/h6-9,14,16,21-22,29H,1,10-13,15,17-18H2,2-5H3/t21-,22+,29-/m0/s1. The Balaban J connectivity index is 1.47. The van der Waals surface area contributed by atoms with E-state index < -0.39 is 29.6 Å². The number of nitrogens with zero attached hydrogens (tertiary/aromatic N) is 6. The summed E-state index contributed by atoms with van der Waals surface area (Å²) in [5.74, 6) is -1.51. The number of anilines is 3. The SMILES string of the molecule is C=CC(=O)N1CCN(CCN2C[C@H]3CC(=O)N(c4cc(C(F)(F)F)cc(C)n4)[C@@H]3C(=O)N(C)c3cccc(C)c32)[C@@H](C)C1. The zero-order chi connectivity index (χ0) is 31.2. The van der Waals surface area contributed by atoms with Gasteiger partial charge in [0.05, 0.1) is 16.9 Å². The zero-order valence-electron chi connectivity index (χ0n) is 24.9. The van der Waals surface area contributed by atoms with Crippen molar-refractivity contribution in [1.82, 2.24) is 14.8 Å². The molecule has 3 atom stereocenters. The number of halogens is 3. The molecule has 2 aromatic rings. The van der Waals surface area contributed by atoms with E-state index in [4.69, 9.17) is 0 Å². The van der Waals surface area contributed by atoms with Crippen molar-refractivity contribution in [3.8, 4) is 0 Å². The molecular formula is C31H37F3N6O3. The van der Waals surface area contributed by atoms with Gasteiger partial charge in [-0.1, -0.05) is 18.7 Å². The Morgan fingerprint density at radius 1 is 1.12 bits per heavy atom. The maximum Gasteiger partial charge on any atom is 0.416 e. The minimum Gasteiger partial charge on any atom is -0.368 e. The van der Waals surface area contributed by atoms with Gasteiger partial charge < -0.3 is 14.7 Å². The number of fused-ring (bicyclic) bond motifs is 2. The van der Waals surface area contributed by atoms with Crippen LogP contribution < -0.4 is 14.7 Å². The molecule has 4 heterocycles. The number of pyridine rings is 1. The van der Waals surface area contributed by atoms with Crippen LogP contribution in [-0.2, 0) is 20.6 Å². The Morgan fingerprint density at radius 3 is 2.53 bits per heavy atom. The van der Waals surface area contributed by atoms with Gasteiger partial charge in [0.15, 0.2) is 0 Å². The molecule has 43 heavy (non-hydrogen) atoms. The number of piperazine rings is 1. The molecule has 3 amide bonds. The van der Waals surface area contributed by atoms with Crippen molar-refractivity contribution in [3.05, 3.63) is 59.8 Å². The molecule has 0 bridgehead atoms. The number of aromatic nitrogens is 1. The third-order valence-corrected chi connectivity index (χ3v) is 8.79. The summed E-state index contributed by atoms with van der Waals surface area (Å²) >= 11 is 0. The van der Waals surface area contributed by atoms with Crippen LogP contribution in [0.5, 0.6) is 0 Å². The van der Waals surface area contributed by atoms with Crippen LogP contribution in [0.15, 0.2) is 43.0 Å². The summed E-state index contributed by atoms with van der Waals surface area (Å²) < 4.78 is 41.0. The topological polar surface area (TPSA) is 80.3 Å². The van der Waals surface area contributed by atoms with Crippen molar-refractivity contribution in [1.29, 1.82) is 0 Å². The van der Waals surface area contributed by atoms with E-state index in [1.807, 2.05) is 25.1 Å². The molecular weight excluding hydrogens is 561 g/mol. The third kappa shape index (κ3) is 5.84. The molecule has 9 nitrogen and oxygen atoms in total. The zero-order valence-corrected chi connectivity index (χ0v) is 24.9. The summed E-state index contributed by atoms with van der Waals surface area (Å²) in [6.07, 6.45) is -3.28. The number of carbonyl (C=O) groups is 3. The predicted octanol–water partition coefficient (Wildman–Crippen LogP) is 3.64. The summed E-state index contributed by atoms with van der Waals surface area (Å²) in [7, 11) is 1.64. The molecule has 12 heteroatoms. The summed E-state index contributed by atoms with van der Waals surface area (Å²) in [5.41, 5.74) is 1.74. The number of aryl methyl sites for hydroxylation is 2. The highest BCUT2D eigenvalue weighted by Gasteiger charge is 2.49. The molecule has 3 aliphatic rings. The van der Waals surface area contributed by atoms with Gasteiger partial charge in [-0.2, -0.15) is 13.2 Å². The molecule has 5 rings (SSSR count). The van der Waals surface area contributed by atoms with Gasteiger partial charge in [0, 0.05) is 70.4 Å². The van der Waals surface area contributed by atoms with E-state index in [0.29, 0.717) is 45.0 Å². The summed E-state index contributed by atoms with van der Waals surface area (Å²) in [4.78, 5) is 52.9. The predicted molar refractivity (Wildman–Crippen MR) is 158 cm³/mol. The monoisotopic (exact) mass is 598 g/mol. The number of para-hydroxylation sites is 1. The molecule has 0 spiro atoms.